The van der Waals surface area contributed by atoms with Gasteiger partial charge in [-0.3, -0.25) is 24.2 Å². The van der Waals surface area contributed by atoms with Crippen molar-refractivity contribution in [2.45, 2.75) is 56.2 Å². The molecule has 0 fully saturated rings. The van der Waals surface area contributed by atoms with E-state index in [2.05, 4.69) is 15.6 Å². The second-order valence-electron chi connectivity index (χ2n) is 8.82. The van der Waals surface area contributed by atoms with Gasteiger partial charge >= 0.3 is 24.1 Å². The average Bonchev–Trinajstić information content (AvgIpc) is 2.92. The Hall–Kier alpha value is -5.01. The number of carboxylic acids is 3. The third-order valence-corrected chi connectivity index (χ3v) is 5.20. The third-order valence-electron chi connectivity index (χ3n) is 5.20. The topological polar surface area (TPSA) is 290 Å². The number of benzene rings is 1. The number of hydrogen-bond donors (Lipinski definition) is 9. The summed E-state index contributed by atoms with van der Waals surface area (Å²) in [6.45, 7) is -0.558. The van der Waals surface area contributed by atoms with Crippen LogP contribution in [0.4, 0.5) is 17.6 Å². The van der Waals surface area contributed by atoms with Gasteiger partial charge in [0.05, 0.1) is 19.0 Å². The highest BCUT2D eigenvalue weighted by atomic mass is 19.4. The number of alkyl halides is 4. The van der Waals surface area contributed by atoms with E-state index in [1.54, 1.807) is 30.3 Å². The van der Waals surface area contributed by atoms with E-state index in [0.29, 0.717) is 12.0 Å². The molecule has 0 unspecified atom stereocenters. The molecule has 0 heterocycles. The van der Waals surface area contributed by atoms with E-state index in [4.69, 9.17) is 32.2 Å². The maximum atomic E-state index is 14.4. The van der Waals surface area contributed by atoms with Crippen molar-refractivity contribution in [2.24, 2.45) is 22.2 Å². The second-order valence-corrected chi connectivity index (χ2v) is 8.82. The predicted molar refractivity (Wildman–Crippen MR) is 143 cm³/mol. The van der Waals surface area contributed by atoms with Crippen molar-refractivity contribution in [3.63, 3.8) is 0 Å². The lowest BCUT2D eigenvalue weighted by molar-refractivity contribution is -0.192. The van der Waals surface area contributed by atoms with E-state index in [0.717, 1.165) is 0 Å². The zero-order valence-electron chi connectivity index (χ0n) is 22.9. The van der Waals surface area contributed by atoms with Crippen LogP contribution in [0.5, 0.6) is 0 Å². The van der Waals surface area contributed by atoms with Gasteiger partial charge in [0, 0.05) is 13.0 Å². The molecule has 0 aliphatic heterocycles. The normalized spacial score (nSPS) is 13.4. The van der Waals surface area contributed by atoms with Gasteiger partial charge in [-0.1, -0.05) is 30.3 Å². The Labute approximate surface area is 247 Å². The Morgan fingerprint density at radius 1 is 0.886 bits per heavy atom. The number of aliphatic imine (C=N–C) groups is 1. The first-order valence-electron chi connectivity index (χ1n) is 12.5. The van der Waals surface area contributed by atoms with Crippen LogP contribution < -0.4 is 33.2 Å². The van der Waals surface area contributed by atoms with Crippen molar-refractivity contribution in [3.8, 4) is 0 Å². The zero-order chi connectivity index (χ0) is 34.0. The predicted octanol–water partition coefficient (Wildman–Crippen LogP) is -1.77. The average molecular weight is 640 g/mol. The van der Waals surface area contributed by atoms with E-state index in [1.807, 2.05) is 5.32 Å². The summed E-state index contributed by atoms with van der Waals surface area (Å²) >= 11 is 0. The van der Waals surface area contributed by atoms with Gasteiger partial charge in [0.1, 0.15) is 12.1 Å². The van der Waals surface area contributed by atoms with Crippen LogP contribution in [0, 0.1) is 0 Å². The highest BCUT2D eigenvalue weighted by molar-refractivity contribution is 5.94. The fourth-order valence-corrected chi connectivity index (χ4v) is 3.03. The Balaban J connectivity index is 0.00000234. The van der Waals surface area contributed by atoms with Crippen molar-refractivity contribution in [1.82, 2.24) is 16.0 Å². The number of aliphatic carboxylic acids is 3. The first kappa shape index (κ1) is 39.0. The largest absolute Gasteiger partial charge is 0.490 e. The standard InChI is InChI=1S/C22H32FN7O7.C2HF3O2/c23-13(11-28-19(34)14(24)7-4-8-27-22(25)26)18(33)29-15(10-17(31)32)20(35)30-16(21(36)37)9-12-5-2-1-3-6-12;3-2(4,5)1(6)7/h1-3,5-6,13-16H,4,7-11,24H2,(H,28,34)(H,29,33)(H,30,35)(H,31,32)(H,36,37)(H4,25,26,27);(H,6,7)/t13-,14+,15+,16+;/m1./s1. The summed E-state index contributed by atoms with van der Waals surface area (Å²) in [6, 6.07) is 4.10. The molecule has 3 amide bonds. The van der Waals surface area contributed by atoms with Gasteiger partial charge in [-0.25, -0.2) is 14.0 Å². The van der Waals surface area contributed by atoms with Crippen molar-refractivity contribution in [3.05, 3.63) is 35.9 Å². The van der Waals surface area contributed by atoms with Gasteiger partial charge in [-0.2, -0.15) is 13.2 Å². The Bertz CT molecular complexity index is 1170. The van der Waals surface area contributed by atoms with Crippen molar-refractivity contribution < 1.29 is 61.6 Å². The summed E-state index contributed by atoms with van der Waals surface area (Å²) in [5.74, 6) is -9.01. The molecule has 0 bridgehead atoms. The van der Waals surface area contributed by atoms with E-state index in [1.165, 1.54) is 0 Å². The van der Waals surface area contributed by atoms with Gasteiger partial charge < -0.3 is 48.5 Å². The molecule has 0 saturated heterocycles. The first-order chi connectivity index (χ1) is 20.3. The van der Waals surface area contributed by atoms with Crippen molar-refractivity contribution >= 4 is 41.6 Å². The lowest BCUT2D eigenvalue weighted by atomic mass is 10.1. The van der Waals surface area contributed by atoms with Gasteiger partial charge in [-0.15, -0.1) is 0 Å². The SMILES string of the molecule is NC(N)=NCCC[C@H](N)C(=O)NC[C@@H](F)C(=O)N[C@@H](CC(=O)O)C(=O)N[C@@H](Cc1ccccc1)C(=O)O.O=C(O)C(F)(F)F. The summed E-state index contributed by atoms with van der Waals surface area (Å²) in [6.07, 6.45) is -7.92. The minimum atomic E-state index is -5.08. The number of carbonyl (C=O) groups excluding carboxylic acids is 3. The summed E-state index contributed by atoms with van der Waals surface area (Å²) in [5, 5.41) is 31.9. The lowest BCUT2D eigenvalue weighted by Crippen LogP contribution is -2.55. The zero-order valence-corrected chi connectivity index (χ0v) is 22.9. The van der Waals surface area contributed by atoms with E-state index in [-0.39, 0.29) is 25.3 Å². The molecule has 20 heteroatoms. The van der Waals surface area contributed by atoms with Crippen LogP contribution in [0.15, 0.2) is 35.3 Å². The van der Waals surface area contributed by atoms with Crippen LogP contribution in [0.3, 0.4) is 0 Å². The monoisotopic (exact) mass is 639 g/mol. The van der Waals surface area contributed by atoms with Crippen LogP contribution in [0.2, 0.25) is 0 Å². The number of rotatable bonds is 16. The Morgan fingerprint density at radius 2 is 1.43 bits per heavy atom. The van der Waals surface area contributed by atoms with E-state index in [9.17, 15) is 46.6 Å². The molecule has 44 heavy (non-hydrogen) atoms. The van der Waals surface area contributed by atoms with E-state index >= 15 is 0 Å². The molecule has 1 aromatic rings. The molecule has 0 spiro atoms. The van der Waals surface area contributed by atoms with Crippen LogP contribution >= 0.6 is 0 Å². The molecule has 16 nitrogen and oxygen atoms in total. The van der Waals surface area contributed by atoms with Crippen LogP contribution in [0.1, 0.15) is 24.8 Å². The van der Waals surface area contributed by atoms with E-state index < -0.39 is 79.1 Å². The summed E-state index contributed by atoms with van der Waals surface area (Å²) in [5.41, 5.74) is 16.6. The first-order valence-corrected chi connectivity index (χ1v) is 12.5. The fourth-order valence-electron chi connectivity index (χ4n) is 3.03. The maximum Gasteiger partial charge on any atom is 0.490 e. The van der Waals surface area contributed by atoms with Crippen molar-refractivity contribution in [1.29, 1.82) is 0 Å². The fraction of sp³-hybridized carbons (Fsp3) is 0.458. The van der Waals surface area contributed by atoms with Gasteiger partial charge in [0.15, 0.2) is 12.1 Å². The quantitative estimate of drug-likeness (QED) is 0.0420. The number of guanidine groups is 1. The Kier molecular flexibility index (Phi) is 17.0. The number of nitrogens with zero attached hydrogens (tertiary/aromatic N) is 1. The molecule has 1 rings (SSSR count). The third kappa shape index (κ3) is 17.1. The second kappa shape index (κ2) is 19.2. The maximum absolute atomic E-state index is 14.4. The van der Waals surface area contributed by atoms with Crippen molar-refractivity contribution in [2.75, 3.05) is 13.1 Å². The summed E-state index contributed by atoms with van der Waals surface area (Å²) in [4.78, 5) is 72.2. The number of carbonyl (C=O) groups is 6. The molecule has 4 atom stereocenters. The smallest absolute Gasteiger partial charge is 0.481 e. The molecule has 246 valence electrons. The lowest BCUT2D eigenvalue weighted by Gasteiger charge is -2.21. The number of amides is 3. The molecule has 0 saturated carbocycles. The molecular weight excluding hydrogens is 606 g/mol. The Morgan fingerprint density at radius 3 is 1.91 bits per heavy atom. The molecule has 0 aliphatic carbocycles. The molecule has 12 N–H and O–H groups in total. The molecular formula is C24H33F4N7O9. The number of carboxylic acid groups (broad SMARTS) is 3. The molecule has 0 aliphatic rings. The van der Waals surface area contributed by atoms with Crippen LogP contribution in [-0.4, -0.2) is 100 Å². The molecule has 1 aromatic carbocycles. The number of hydrogen-bond acceptors (Lipinski definition) is 8. The van der Waals surface area contributed by atoms with Crippen LogP contribution in [0.25, 0.3) is 0 Å². The molecule has 0 aromatic heterocycles. The minimum absolute atomic E-state index is 0.111. The van der Waals surface area contributed by atoms with Gasteiger partial charge in [0.25, 0.3) is 5.91 Å². The minimum Gasteiger partial charge on any atom is -0.481 e. The highest BCUT2D eigenvalue weighted by Crippen LogP contribution is 2.13. The van der Waals surface area contributed by atoms with Gasteiger partial charge in [0.2, 0.25) is 11.8 Å². The highest BCUT2D eigenvalue weighted by Gasteiger charge is 2.38. The molecule has 0 radical (unpaired) electrons. The number of nitrogens with one attached hydrogen (secondary N) is 3. The number of halogens is 4. The summed E-state index contributed by atoms with van der Waals surface area (Å²) < 4.78 is 46.1. The van der Waals surface area contributed by atoms with Gasteiger partial charge in [-0.05, 0) is 18.4 Å². The summed E-state index contributed by atoms with van der Waals surface area (Å²) in [7, 11) is 0. The van der Waals surface area contributed by atoms with Crippen LogP contribution in [-0.2, 0) is 35.2 Å². The number of nitrogens with two attached hydrogens (primary N) is 3.